The summed E-state index contributed by atoms with van der Waals surface area (Å²) in [5.74, 6) is -0.158. The second kappa shape index (κ2) is 10.2. The van der Waals surface area contributed by atoms with Crippen molar-refractivity contribution in [3.05, 3.63) is 80.3 Å². The molecule has 0 aromatic heterocycles. The summed E-state index contributed by atoms with van der Waals surface area (Å²) in [6.07, 6.45) is 0. The fourth-order valence-corrected chi connectivity index (χ4v) is 5.99. The monoisotopic (exact) mass is 649 g/mol. The normalized spacial score (nSPS) is 23.8. The Morgan fingerprint density at radius 3 is 1.30 bits per heavy atom. The smallest absolute Gasteiger partial charge is 0.320 e. The summed E-state index contributed by atoms with van der Waals surface area (Å²) in [4.78, 5) is 0. The van der Waals surface area contributed by atoms with E-state index >= 15 is 0 Å². The van der Waals surface area contributed by atoms with E-state index in [1.165, 1.54) is 6.07 Å². The Bertz CT molecular complexity index is 1670. The molecule has 13 heteroatoms. The van der Waals surface area contributed by atoms with Gasteiger partial charge in [0.2, 0.25) is 0 Å². The lowest BCUT2D eigenvalue weighted by molar-refractivity contribution is -0.540. The summed E-state index contributed by atoms with van der Waals surface area (Å²) in [5.41, 5.74) is -5.35. The summed E-state index contributed by atoms with van der Waals surface area (Å²) in [6.45, 7) is 20.1. The Kier molecular flexibility index (Phi) is 7.45. The zero-order valence-electron chi connectivity index (χ0n) is 29.3. The van der Waals surface area contributed by atoms with E-state index in [0.717, 1.165) is 0 Å². The molecule has 0 atom stereocenters. The lowest BCUT2D eigenvalue weighted by atomic mass is 9.84. The van der Waals surface area contributed by atoms with Gasteiger partial charge in [0.25, 0.3) is 0 Å². The van der Waals surface area contributed by atoms with Gasteiger partial charge in [-0.15, -0.1) is 0 Å². The maximum Gasteiger partial charge on any atom is 0.320 e. The molecule has 13 nitrogen and oxygen atoms in total. The van der Waals surface area contributed by atoms with Crippen molar-refractivity contribution in [2.45, 2.75) is 123 Å². The second-order valence-electron chi connectivity index (χ2n) is 15.8. The van der Waals surface area contributed by atoms with Gasteiger partial charge < -0.3 is 20.4 Å². The minimum Gasteiger partial charge on any atom is -0.714 e. The van der Waals surface area contributed by atoms with Crippen molar-refractivity contribution in [3.63, 3.8) is 0 Å². The van der Waals surface area contributed by atoms with Gasteiger partial charge in [0.15, 0.2) is 16.6 Å². The van der Waals surface area contributed by atoms with Gasteiger partial charge in [-0.3, -0.25) is 14.2 Å². The van der Waals surface area contributed by atoms with E-state index in [1.54, 1.807) is 119 Å². The highest BCUT2D eigenvalue weighted by Gasteiger charge is 2.62. The topological polar surface area (TPSA) is 157 Å². The van der Waals surface area contributed by atoms with Crippen LogP contribution < -0.4 is 4.74 Å². The van der Waals surface area contributed by atoms with E-state index in [1.807, 2.05) is 0 Å². The predicted molar refractivity (Wildman–Crippen MR) is 172 cm³/mol. The number of para-hydroxylation sites is 1. The molecule has 3 aliphatic rings. The Balaban J connectivity index is 1.64. The van der Waals surface area contributed by atoms with Crippen LogP contribution in [0.1, 0.15) is 105 Å². The molecule has 0 fully saturated rings. The average Bonchev–Trinajstić information content (AvgIpc) is 3.25. The minimum atomic E-state index is -1.11. The van der Waals surface area contributed by atoms with Gasteiger partial charge in [0.1, 0.15) is 34.5 Å². The number of benzene rings is 2. The summed E-state index contributed by atoms with van der Waals surface area (Å²) in [7, 11) is 0. The van der Waals surface area contributed by atoms with Crippen LogP contribution in [-0.2, 0) is 22.2 Å². The van der Waals surface area contributed by atoms with Gasteiger partial charge in [-0.1, -0.05) is 27.3 Å². The highest BCUT2D eigenvalue weighted by atomic mass is 16.6. The summed E-state index contributed by atoms with van der Waals surface area (Å²) in [5, 5.41) is 83.5. The van der Waals surface area contributed by atoms with Gasteiger partial charge in [0.05, 0.1) is 11.1 Å². The van der Waals surface area contributed by atoms with Crippen LogP contribution in [0.25, 0.3) is 0 Å². The standard InChI is InChI=1S/C34H45N6O7/c1-29(2)30(3,4)36(42)26(35(29)41)22-17-21(18-23(19-22)27-37(43)31(5,6)32(7,8)38(27)44)20-47-25-16-14-13-15-24(25)28-39(45)33(9,10)34(11,12)40(28)46/h13-19H,20H2,1-12H3. The number of hydrogen-bond donors (Lipinski definition) is 0. The zero-order chi connectivity index (χ0) is 35.4. The molecular weight excluding hydrogens is 604 g/mol. The van der Waals surface area contributed by atoms with Crippen molar-refractivity contribution < 1.29 is 34.6 Å². The first kappa shape index (κ1) is 34.3. The SMILES string of the molecule is CC1(C)N([O])C(c2cc(COc3ccccc3C3=[N+]([O-])C(C)(C)C(C)(C)N3[O])cc(C3=[N+]([O-])C(C)(C)C(C)(C)N3[O])c2)=[N+]([O-])C1(C)C. The first-order valence-electron chi connectivity index (χ1n) is 15.7. The molecule has 0 unspecified atom stereocenters. The quantitative estimate of drug-likeness (QED) is 0.325. The maximum absolute atomic E-state index is 13.7. The fraction of sp³-hybridized carbons (Fsp3) is 0.559. The van der Waals surface area contributed by atoms with Crippen LogP contribution in [0.2, 0.25) is 0 Å². The Labute approximate surface area is 276 Å². The van der Waals surface area contributed by atoms with E-state index in [0.29, 0.717) is 40.5 Å². The molecule has 0 bridgehead atoms. The lowest BCUT2D eigenvalue weighted by Gasteiger charge is -2.32. The third-order valence-corrected chi connectivity index (χ3v) is 11.7. The van der Waals surface area contributed by atoms with Crippen molar-refractivity contribution in [3.8, 4) is 5.75 Å². The van der Waals surface area contributed by atoms with Gasteiger partial charge in [-0.25, -0.2) is 0 Å². The first-order chi connectivity index (χ1) is 21.4. The summed E-state index contributed by atoms with van der Waals surface area (Å²) >= 11 is 0. The average molecular weight is 650 g/mol. The molecule has 253 valence electrons. The van der Waals surface area contributed by atoms with Gasteiger partial charge >= 0.3 is 17.5 Å². The number of amidine groups is 3. The zero-order valence-corrected chi connectivity index (χ0v) is 29.3. The molecule has 3 aliphatic heterocycles. The Hall–Kier alpha value is -4.07. The van der Waals surface area contributed by atoms with Crippen LogP contribution in [0.5, 0.6) is 5.75 Å². The molecule has 47 heavy (non-hydrogen) atoms. The van der Waals surface area contributed by atoms with Crippen molar-refractivity contribution in [1.82, 2.24) is 15.2 Å². The number of hydrogen-bond acceptors (Lipinski definition) is 7. The number of ether oxygens (including phenoxy) is 1. The van der Waals surface area contributed by atoms with E-state index in [-0.39, 0.29) is 41.0 Å². The predicted octanol–water partition coefficient (Wildman–Crippen LogP) is 4.69. The molecule has 0 saturated carbocycles. The molecule has 3 radical (unpaired) electrons. The minimum absolute atomic E-state index is 0.0880. The summed E-state index contributed by atoms with van der Waals surface area (Å²) in [6, 6.07) is 11.4. The molecular formula is C34H45N6O7. The van der Waals surface area contributed by atoms with Gasteiger partial charge in [0, 0.05) is 15.6 Å². The lowest BCUT2D eigenvalue weighted by Crippen LogP contribution is -2.53. The first-order valence-corrected chi connectivity index (χ1v) is 15.7. The number of hydroxylamine groups is 9. The third kappa shape index (κ3) is 4.42. The second-order valence-corrected chi connectivity index (χ2v) is 15.8. The highest BCUT2D eigenvalue weighted by Crippen LogP contribution is 2.41. The molecule has 3 heterocycles. The molecule has 5 rings (SSSR count). The van der Waals surface area contributed by atoms with Crippen LogP contribution >= 0.6 is 0 Å². The maximum atomic E-state index is 13.7. The molecule has 0 spiro atoms. The van der Waals surface area contributed by atoms with E-state index in [9.17, 15) is 31.2 Å². The highest BCUT2D eigenvalue weighted by molar-refractivity contribution is 6.02. The van der Waals surface area contributed by atoms with Crippen LogP contribution in [0, 0.1) is 15.6 Å². The molecule has 0 saturated heterocycles. The van der Waals surface area contributed by atoms with E-state index in [4.69, 9.17) is 4.74 Å². The number of rotatable bonds is 6. The molecule has 0 aliphatic carbocycles. The number of nitrogens with zero attached hydrogens (tertiary/aromatic N) is 6. The van der Waals surface area contributed by atoms with Crippen LogP contribution in [0.4, 0.5) is 0 Å². The van der Waals surface area contributed by atoms with Gasteiger partial charge in [-0.2, -0.15) is 0 Å². The van der Waals surface area contributed by atoms with Crippen molar-refractivity contribution in [2.75, 3.05) is 0 Å². The molecule has 2 aromatic rings. The van der Waals surface area contributed by atoms with Crippen molar-refractivity contribution >= 4 is 17.5 Å². The third-order valence-electron chi connectivity index (χ3n) is 11.7. The summed E-state index contributed by atoms with van der Waals surface area (Å²) < 4.78 is 8.28. The fourth-order valence-electron chi connectivity index (χ4n) is 5.99. The molecule has 2 aromatic carbocycles. The largest absolute Gasteiger partial charge is 0.714 e. The van der Waals surface area contributed by atoms with Crippen LogP contribution in [0.3, 0.4) is 0 Å². The van der Waals surface area contributed by atoms with Gasteiger partial charge in [-0.05, 0) is 119 Å². The van der Waals surface area contributed by atoms with E-state index < -0.39 is 33.2 Å². The van der Waals surface area contributed by atoms with Crippen molar-refractivity contribution in [2.24, 2.45) is 0 Å². The van der Waals surface area contributed by atoms with E-state index in [2.05, 4.69) is 0 Å². The molecule has 0 amide bonds. The molecule has 0 N–H and O–H groups in total. The van der Waals surface area contributed by atoms with Crippen LogP contribution in [0.15, 0.2) is 42.5 Å². The Morgan fingerprint density at radius 1 is 0.574 bits per heavy atom. The van der Waals surface area contributed by atoms with Crippen LogP contribution in [-0.4, -0.2) is 80.1 Å². The van der Waals surface area contributed by atoms with Crippen molar-refractivity contribution in [1.29, 1.82) is 0 Å². The Morgan fingerprint density at radius 2 is 0.936 bits per heavy atom.